The summed E-state index contributed by atoms with van der Waals surface area (Å²) >= 11 is 5.68. The van der Waals surface area contributed by atoms with Gasteiger partial charge in [0, 0.05) is 30.9 Å². The van der Waals surface area contributed by atoms with E-state index in [1.165, 1.54) is 6.20 Å². The molecule has 1 amide bonds. The van der Waals surface area contributed by atoms with E-state index < -0.39 is 35.7 Å². The molecule has 2 aromatic heterocycles. The molecule has 1 unspecified atom stereocenters. The van der Waals surface area contributed by atoms with Crippen LogP contribution in [-0.4, -0.2) is 81.2 Å². The second-order valence-corrected chi connectivity index (χ2v) is 11.1. The molecule has 0 bridgehead atoms. The van der Waals surface area contributed by atoms with Crippen LogP contribution in [0.5, 0.6) is 5.75 Å². The number of likely N-dealkylation sites (tertiary alicyclic amines) is 1. The number of rotatable bonds is 8. The molecule has 1 saturated heterocycles. The standard InChI is InChI=1S/C29H29ClF2N6O4/c1-37-8-5-16(6-9-37)38-13-15-10-22-23(11-18(15)29(38)41)36-27(35-22)24-21(4-7-33-28(24)40)34-12-17(39)14-42-26-20(31)3-2-19(30)25(26)32/h2-4,7,10-11,16-17,39H,5-6,8-9,12-14H2,1H3,(H,35,36)(H2,33,34,40). The van der Waals surface area contributed by atoms with E-state index in [-0.39, 0.29) is 34.9 Å². The summed E-state index contributed by atoms with van der Waals surface area (Å²) < 4.78 is 33.1. The van der Waals surface area contributed by atoms with Gasteiger partial charge in [0.25, 0.3) is 11.5 Å². The van der Waals surface area contributed by atoms with Crippen LogP contribution in [0.4, 0.5) is 14.5 Å². The number of ether oxygens (including phenoxy) is 1. The molecule has 2 aromatic carbocycles. The van der Waals surface area contributed by atoms with Crippen molar-refractivity contribution in [3.05, 3.63) is 74.7 Å². The monoisotopic (exact) mass is 598 g/mol. The summed E-state index contributed by atoms with van der Waals surface area (Å²) in [6.07, 6.45) is 2.14. The molecule has 4 heterocycles. The van der Waals surface area contributed by atoms with Crippen molar-refractivity contribution < 1.29 is 23.4 Å². The highest BCUT2D eigenvalue weighted by Crippen LogP contribution is 2.33. The van der Waals surface area contributed by atoms with Gasteiger partial charge in [0.15, 0.2) is 17.4 Å². The van der Waals surface area contributed by atoms with Gasteiger partial charge in [0.2, 0.25) is 0 Å². The molecule has 2 aliphatic rings. The summed E-state index contributed by atoms with van der Waals surface area (Å²) in [6.45, 7) is 1.92. The van der Waals surface area contributed by atoms with E-state index in [2.05, 4.69) is 32.2 Å². The molecule has 13 heteroatoms. The average molecular weight is 599 g/mol. The largest absolute Gasteiger partial charge is 0.485 e. The molecule has 0 radical (unpaired) electrons. The number of carbonyl (C=O) groups is 1. The van der Waals surface area contributed by atoms with Crippen LogP contribution in [0, 0.1) is 11.6 Å². The lowest BCUT2D eigenvalue weighted by Gasteiger charge is -2.34. The molecule has 6 rings (SSSR count). The number of aliphatic hydroxyl groups excluding tert-OH is 1. The van der Waals surface area contributed by atoms with E-state index in [4.69, 9.17) is 16.3 Å². The zero-order chi connectivity index (χ0) is 29.5. The minimum absolute atomic E-state index is 0.000315. The maximum atomic E-state index is 14.1. The number of hydrogen-bond donors (Lipinski definition) is 4. The third-order valence-electron chi connectivity index (χ3n) is 7.82. The number of piperidine rings is 1. The number of carbonyl (C=O) groups excluding carboxylic acids is 1. The zero-order valence-electron chi connectivity index (χ0n) is 22.7. The molecule has 220 valence electrons. The molecule has 1 atom stereocenters. The van der Waals surface area contributed by atoms with Crippen LogP contribution < -0.4 is 15.6 Å². The summed E-state index contributed by atoms with van der Waals surface area (Å²) in [6, 6.07) is 7.53. The summed E-state index contributed by atoms with van der Waals surface area (Å²) in [7, 11) is 2.09. The van der Waals surface area contributed by atoms with Gasteiger partial charge in [-0.25, -0.2) is 13.8 Å². The first-order chi connectivity index (χ1) is 20.2. The number of H-pyrrole nitrogens is 2. The first-order valence-electron chi connectivity index (χ1n) is 13.6. The molecule has 1 fully saturated rings. The van der Waals surface area contributed by atoms with Crippen molar-refractivity contribution >= 4 is 34.2 Å². The topological polar surface area (TPSA) is 127 Å². The lowest BCUT2D eigenvalue weighted by Crippen LogP contribution is -2.43. The highest BCUT2D eigenvalue weighted by atomic mass is 35.5. The third-order valence-corrected chi connectivity index (χ3v) is 8.11. The number of amides is 1. The molecular weight excluding hydrogens is 570 g/mol. The van der Waals surface area contributed by atoms with Crippen molar-refractivity contribution in [3.63, 3.8) is 0 Å². The number of hydrogen-bond acceptors (Lipinski definition) is 7. The molecular formula is C29H29ClF2N6O4. The Balaban J connectivity index is 1.18. The maximum Gasteiger partial charge on any atom is 0.261 e. The highest BCUT2D eigenvalue weighted by Gasteiger charge is 2.34. The molecule has 10 nitrogen and oxygen atoms in total. The normalized spacial score (nSPS) is 16.7. The fraction of sp³-hybridized carbons (Fsp3) is 0.345. The van der Waals surface area contributed by atoms with Gasteiger partial charge >= 0.3 is 0 Å². The number of fused-ring (bicyclic) bond motifs is 2. The van der Waals surface area contributed by atoms with E-state index in [9.17, 15) is 23.5 Å². The number of aromatic amines is 2. The van der Waals surface area contributed by atoms with Crippen LogP contribution in [-0.2, 0) is 6.54 Å². The molecule has 42 heavy (non-hydrogen) atoms. The number of aromatic nitrogens is 3. The number of nitrogens with one attached hydrogen (secondary N) is 3. The van der Waals surface area contributed by atoms with Crippen molar-refractivity contribution in [2.45, 2.75) is 31.5 Å². The van der Waals surface area contributed by atoms with Crippen LogP contribution in [0.25, 0.3) is 22.4 Å². The van der Waals surface area contributed by atoms with E-state index in [1.807, 2.05) is 11.0 Å². The summed E-state index contributed by atoms with van der Waals surface area (Å²) in [5.74, 6) is -2.39. The highest BCUT2D eigenvalue weighted by molar-refractivity contribution is 6.30. The number of imidazole rings is 1. The van der Waals surface area contributed by atoms with Crippen LogP contribution in [0.2, 0.25) is 5.02 Å². The van der Waals surface area contributed by atoms with Gasteiger partial charge in [0.05, 0.1) is 21.7 Å². The van der Waals surface area contributed by atoms with Crippen LogP contribution in [0.15, 0.2) is 41.3 Å². The Hall–Kier alpha value is -4.00. The van der Waals surface area contributed by atoms with Gasteiger partial charge in [-0.1, -0.05) is 11.6 Å². The molecule has 2 aliphatic heterocycles. The third kappa shape index (κ3) is 5.33. The number of benzene rings is 2. The fourth-order valence-corrected chi connectivity index (χ4v) is 5.68. The SMILES string of the molecule is CN1CCC(N2Cc3cc4[nH]c(-c5c(NCC(O)COc6c(F)ccc(Cl)c6F)cc[nH]c5=O)nc4cc3C2=O)CC1. The maximum absolute atomic E-state index is 14.1. The predicted molar refractivity (Wildman–Crippen MR) is 154 cm³/mol. The molecule has 0 aliphatic carbocycles. The Labute approximate surface area is 244 Å². The molecule has 0 saturated carbocycles. The summed E-state index contributed by atoms with van der Waals surface area (Å²) in [5.41, 5.74) is 2.92. The zero-order valence-corrected chi connectivity index (χ0v) is 23.5. The fourth-order valence-electron chi connectivity index (χ4n) is 5.53. The average Bonchev–Trinajstić information content (AvgIpc) is 3.53. The number of nitrogens with zero attached hydrogens (tertiary/aromatic N) is 3. The first kappa shape index (κ1) is 28.1. The summed E-state index contributed by atoms with van der Waals surface area (Å²) in [5, 5.41) is 13.1. The van der Waals surface area contributed by atoms with Gasteiger partial charge < -0.3 is 34.9 Å². The quantitative estimate of drug-likeness (QED) is 0.228. The number of anilines is 1. The van der Waals surface area contributed by atoms with Crippen LogP contribution >= 0.6 is 11.6 Å². The Morgan fingerprint density at radius 1 is 1.21 bits per heavy atom. The van der Waals surface area contributed by atoms with E-state index in [1.54, 1.807) is 12.1 Å². The molecule has 4 N–H and O–H groups in total. The van der Waals surface area contributed by atoms with E-state index in [0.29, 0.717) is 28.8 Å². The van der Waals surface area contributed by atoms with Gasteiger partial charge in [-0.3, -0.25) is 9.59 Å². The Kier molecular flexibility index (Phi) is 7.60. The molecule has 4 aromatic rings. The number of halogens is 3. The second kappa shape index (κ2) is 11.3. The van der Waals surface area contributed by atoms with Gasteiger partial charge in [-0.05, 0) is 68.9 Å². The number of aliphatic hydroxyl groups is 1. The Bertz CT molecular complexity index is 1720. The van der Waals surface area contributed by atoms with Crippen molar-refractivity contribution in [3.8, 4) is 17.1 Å². The van der Waals surface area contributed by atoms with Crippen LogP contribution in [0.3, 0.4) is 0 Å². The van der Waals surface area contributed by atoms with E-state index >= 15 is 0 Å². The van der Waals surface area contributed by atoms with E-state index in [0.717, 1.165) is 43.6 Å². The van der Waals surface area contributed by atoms with Crippen LogP contribution in [0.1, 0.15) is 28.8 Å². The van der Waals surface area contributed by atoms with Gasteiger partial charge in [0.1, 0.15) is 24.1 Å². The Morgan fingerprint density at radius 2 is 2.00 bits per heavy atom. The number of pyridine rings is 1. The van der Waals surface area contributed by atoms with Gasteiger partial charge in [-0.15, -0.1) is 0 Å². The predicted octanol–water partition coefficient (Wildman–Crippen LogP) is 3.75. The minimum atomic E-state index is -1.19. The second-order valence-electron chi connectivity index (χ2n) is 10.7. The van der Waals surface area contributed by atoms with Crippen molar-refractivity contribution in [2.75, 3.05) is 38.6 Å². The summed E-state index contributed by atoms with van der Waals surface area (Å²) in [4.78, 5) is 40.8. The smallest absolute Gasteiger partial charge is 0.261 e. The van der Waals surface area contributed by atoms with Crippen molar-refractivity contribution in [1.82, 2.24) is 24.8 Å². The lowest BCUT2D eigenvalue weighted by molar-refractivity contribution is 0.0617. The minimum Gasteiger partial charge on any atom is -0.485 e. The van der Waals surface area contributed by atoms with Crippen molar-refractivity contribution in [1.29, 1.82) is 0 Å². The van der Waals surface area contributed by atoms with Crippen molar-refractivity contribution in [2.24, 2.45) is 0 Å². The molecule has 0 spiro atoms. The lowest BCUT2D eigenvalue weighted by atomic mass is 10.0. The Morgan fingerprint density at radius 3 is 2.79 bits per heavy atom. The van der Waals surface area contributed by atoms with Gasteiger partial charge in [-0.2, -0.15) is 0 Å². The first-order valence-corrected chi connectivity index (χ1v) is 14.0.